The van der Waals surface area contributed by atoms with Gasteiger partial charge in [0.1, 0.15) is 0 Å². The number of benzene rings is 2. The molecule has 3 heteroatoms. The Bertz CT molecular complexity index is 535. The minimum Gasteiger partial charge on any atom is -0.113 e. The molecule has 0 radical (unpaired) electrons. The normalized spacial score (nSPS) is 12.5. The third-order valence-corrected chi connectivity index (χ3v) is 3.74. The second-order valence-corrected chi connectivity index (χ2v) is 5.17. The Morgan fingerprint density at radius 2 is 1.65 bits per heavy atom. The zero-order valence-electron chi connectivity index (χ0n) is 9.25. The Morgan fingerprint density at radius 1 is 0.941 bits per heavy atom. The summed E-state index contributed by atoms with van der Waals surface area (Å²) in [7, 11) is 0. The first kappa shape index (κ1) is 12.8. The molecule has 0 amide bonds. The van der Waals surface area contributed by atoms with Crippen molar-refractivity contribution in [3.05, 3.63) is 69.2 Å². The van der Waals surface area contributed by atoms with Crippen molar-refractivity contribution in [2.75, 3.05) is 0 Å². The molecule has 17 heavy (non-hydrogen) atoms. The fourth-order valence-corrected chi connectivity index (χ4v) is 2.64. The number of rotatable bonds is 2. The molecule has 1 unspecified atom stereocenters. The summed E-state index contributed by atoms with van der Waals surface area (Å²) < 4.78 is 0. The third-order valence-electron chi connectivity index (χ3n) is 2.69. The Labute approximate surface area is 116 Å². The molecule has 0 aliphatic rings. The van der Waals surface area contributed by atoms with Gasteiger partial charge < -0.3 is 0 Å². The SMILES string of the molecule is Cc1ccccc1C(Cl)c1cc(Cl)ccc1Cl. The average Bonchev–Trinajstić information content (AvgIpc) is 2.32. The molecular formula is C14H11Cl3. The van der Waals surface area contributed by atoms with E-state index in [1.807, 2.05) is 37.3 Å². The highest BCUT2D eigenvalue weighted by Crippen LogP contribution is 2.36. The van der Waals surface area contributed by atoms with Gasteiger partial charge in [0.05, 0.1) is 5.38 Å². The predicted octanol–water partition coefficient (Wildman–Crippen LogP) is 5.63. The number of halogens is 3. The molecule has 0 saturated heterocycles. The van der Waals surface area contributed by atoms with Gasteiger partial charge in [0.25, 0.3) is 0 Å². The van der Waals surface area contributed by atoms with E-state index in [2.05, 4.69) is 0 Å². The first-order valence-corrected chi connectivity index (χ1v) is 6.43. The maximum absolute atomic E-state index is 6.47. The Kier molecular flexibility index (Phi) is 3.98. The van der Waals surface area contributed by atoms with Crippen LogP contribution in [0, 0.1) is 6.92 Å². The van der Waals surface area contributed by atoms with E-state index in [-0.39, 0.29) is 5.38 Å². The zero-order chi connectivity index (χ0) is 12.4. The lowest BCUT2D eigenvalue weighted by Crippen LogP contribution is -1.97. The van der Waals surface area contributed by atoms with Gasteiger partial charge in [-0.1, -0.05) is 47.5 Å². The van der Waals surface area contributed by atoms with E-state index < -0.39 is 0 Å². The minimum absolute atomic E-state index is 0.276. The van der Waals surface area contributed by atoms with Gasteiger partial charge in [-0.15, -0.1) is 11.6 Å². The van der Waals surface area contributed by atoms with Crippen LogP contribution in [0.3, 0.4) is 0 Å². The van der Waals surface area contributed by atoms with E-state index in [4.69, 9.17) is 34.8 Å². The summed E-state index contributed by atoms with van der Waals surface area (Å²) >= 11 is 18.6. The van der Waals surface area contributed by atoms with E-state index in [1.165, 1.54) is 0 Å². The van der Waals surface area contributed by atoms with Crippen LogP contribution in [0.4, 0.5) is 0 Å². The summed E-state index contributed by atoms with van der Waals surface area (Å²) in [5.41, 5.74) is 3.04. The van der Waals surface area contributed by atoms with Gasteiger partial charge >= 0.3 is 0 Å². The van der Waals surface area contributed by atoms with Crippen molar-refractivity contribution in [3.8, 4) is 0 Å². The average molecular weight is 286 g/mol. The van der Waals surface area contributed by atoms with Crippen molar-refractivity contribution in [2.24, 2.45) is 0 Å². The molecule has 0 aromatic heterocycles. The van der Waals surface area contributed by atoms with E-state index in [0.717, 1.165) is 16.7 Å². The number of hydrogen-bond donors (Lipinski definition) is 0. The van der Waals surface area contributed by atoms with Crippen LogP contribution < -0.4 is 0 Å². The van der Waals surface area contributed by atoms with Gasteiger partial charge in [-0.3, -0.25) is 0 Å². The molecule has 0 spiro atoms. The Balaban J connectivity index is 2.47. The molecule has 2 aromatic carbocycles. The number of alkyl halides is 1. The molecule has 2 rings (SSSR count). The van der Waals surface area contributed by atoms with Crippen molar-refractivity contribution in [1.82, 2.24) is 0 Å². The zero-order valence-corrected chi connectivity index (χ0v) is 11.5. The first-order valence-electron chi connectivity index (χ1n) is 5.24. The summed E-state index contributed by atoms with van der Waals surface area (Å²) in [5.74, 6) is 0. The van der Waals surface area contributed by atoms with Crippen LogP contribution in [0.15, 0.2) is 42.5 Å². The molecule has 0 saturated carbocycles. The standard InChI is InChI=1S/C14H11Cl3/c1-9-4-2-3-5-11(9)14(17)12-8-10(15)6-7-13(12)16/h2-8,14H,1H3. The van der Waals surface area contributed by atoms with Gasteiger partial charge in [0, 0.05) is 10.0 Å². The van der Waals surface area contributed by atoms with Gasteiger partial charge in [0.15, 0.2) is 0 Å². The Morgan fingerprint density at radius 3 is 2.35 bits per heavy atom. The van der Waals surface area contributed by atoms with Crippen LogP contribution in [0.5, 0.6) is 0 Å². The second kappa shape index (κ2) is 5.30. The van der Waals surface area contributed by atoms with Gasteiger partial charge in [-0.05, 0) is 41.8 Å². The molecule has 1 atom stereocenters. The van der Waals surface area contributed by atoms with E-state index in [1.54, 1.807) is 12.1 Å². The molecular weight excluding hydrogens is 275 g/mol. The summed E-state index contributed by atoms with van der Waals surface area (Å²) in [5, 5.41) is 1.00. The van der Waals surface area contributed by atoms with Crippen LogP contribution in [0.1, 0.15) is 22.1 Å². The quantitative estimate of drug-likeness (QED) is 0.627. The van der Waals surface area contributed by atoms with Crippen molar-refractivity contribution >= 4 is 34.8 Å². The van der Waals surface area contributed by atoms with Crippen LogP contribution >= 0.6 is 34.8 Å². The smallest absolute Gasteiger partial charge is 0.0852 e. The lowest BCUT2D eigenvalue weighted by atomic mass is 10.00. The number of aryl methyl sites for hydroxylation is 1. The molecule has 88 valence electrons. The Hall–Kier alpha value is -0.690. The topological polar surface area (TPSA) is 0 Å². The van der Waals surface area contributed by atoms with Crippen molar-refractivity contribution in [2.45, 2.75) is 12.3 Å². The summed E-state index contributed by atoms with van der Waals surface area (Å²) in [6, 6.07) is 13.3. The molecule has 0 N–H and O–H groups in total. The lowest BCUT2D eigenvalue weighted by molar-refractivity contribution is 1.11. The van der Waals surface area contributed by atoms with Crippen LogP contribution in [-0.2, 0) is 0 Å². The molecule has 0 fully saturated rings. The maximum Gasteiger partial charge on any atom is 0.0852 e. The van der Waals surface area contributed by atoms with Crippen LogP contribution in [0.2, 0.25) is 10.0 Å². The number of hydrogen-bond acceptors (Lipinski definition) is 0. The summed E-state index contributed by atoms with van der Waals surface area (Å²) in [6.07, 6.45) is 0. The van der Waals surface area contributed by atoms with Gasteiger partial charge in [0.2, 0.25) is 0 Å². The highest BCUT2D eigenvalue weighted by atomic mass is 35.5. The maximum atomic E-state index is 6.47. The molecule has 0 aliphatic heterocycles. The fraction of sp³-hybridized carbons (Fsp3) is 0.143. The predicted molar refractivity (Wildman–Crippen MR) is 75.3 cm³/mol. The highest BCUT2D eigenvalue weighted by molar-refractivity contribution is 6.35. The molecule has 0 nitrogen and oxygen atoms in total. The van der Waals surface area contributed by atoms with Crippen molar-refractivity contribution < 1.29 is 0 Å². The first-order chi connectivity index (χ1) is 8.09. The fourth-order valence-electron chi connectivity index (χ4n) is 1.75. The molecule has 0 bridgehead atoms. The van der Waals surface area contributed by atoms with Crippen LogP contribution in [0.25, 0.3) is 0 Å². The second-order valence-electron chi connectivity index (χ2n) is 3.88. The monoisotopic (exact) mass is 284 g/mol. The summed E-state index contributed by atoms with van der Waals surface area (Å²) in [4.78, 5) is 0. The van der Waals surface area contributed by atoms with Crippen molar-refractivity contribution in [1.29, 1.82) is 0 Å². The highest BCUT2D eigenvalue weighted by Gasteiger charge is 2.16. The van der Waals surface area contributed by atoms with Crippen molar-refractivity contribution in [3.63, 3.8) is 0 Å². The largest absolute Gasteiger partial charge is 0.113 e. The van der Waals surface area contributed by atoms with Gasteiger partial charge in [-0.2, -0.15) is 0 Å². The van der Waals surface area contributed by atoms with Gasteiger partial charge in [-0.25, -0.2) is 0 Å². The van der Waals surface area contributed by atoms with E-state index in [0.29, 0.717) is 10.0 Å². The third kappa shape index (κ3) is 2.77. The lowest BCUT2D eigenvalue weighted by Gasteiger charge is -2.14. The molecule has 0 aliphatic carbocycles. The van der Waals surface area contributed by atoms with E-state index in [9.17, 15) is 0 Å². The molecule has 0 heterocycles. The minimum atomic E-state index is -0.276. The molecule has 2 aromatic rings. The van der Waals surface area contributed by atoms with Crippen LogP contribution in [-0.4, -0.2) is 0 Å². The summed E-state index contributed by atoms with van der Waals surface area (Å²) in [6.45, 7) is 2.03. The van der Waals surface area contributed by atoms with E-state index >= 15 is 0 Å².